The van der Waals surface area contributed by atoms with Crippen molar-refractivity contribution in [2.75, 3.05) is 25.6 Å². The Morgan fingerprint density at radius 3 is 2.65 bits per heavy atom. The van der Waals surface area contributed by atoms with Gasteiger partial charge in [0.25, 0.3) is 5.91 Å². The van der Waals surface area contributed by atoms with Gasteiger partial charge < -0.3 is 15.4 Å². The Balaban J connectivity index is 2.85. The number of amides is 1. The lowest BCUT2D eigenvalue weighted by Gasteiger charge is -2.22. The normalized spacial score (nSPS) is 12.3. The number of hydrogen-bond donors (Lipinski definition) is 2. The van der Waals surface area contributed by atoms with Crippen LogP contribution < -0.4 is 10.6 Å². The van der Waals surface area contributed by atoms with Gasteiger partial charge in [0.15, 0.2) is 0 Å². The highest BCUT2D eigenvalue weighted by Gasteiger charge is 2.19. The van der Waals surface area contributed by atoms with Gasteiger partial charge in [-0.2, -0.15) is 0 Å². The molecule has 0 saturated heterocycles. The third-order valence-corrected chi connectivity index (χ3v) is 3.35. The van der Waals surface area contributed by atoms with Crippen LogP contribution in [0.15, 0.2) is 18.2 Å². The summed E-state index contributed by atoms with van der Waals surface area (Å²) in [6.45, 7) is 7.20. The quantitative estimate of drug-likeness (QED) is 0.813. The molecule has 1 rings (SSSR count). The third-order valence-electron chi connectivity index (χ3n) is 3.12. The minimum Gasteiger partial charge on any atom is -0.387 e. The number of halogens is 1. The summed E-state index contributed by atoms with van der Waals surface area (Å²) in [6, 6.07) is 5.20. The average molecular weight is 299 g/mol. The second kappa shape index (κ2) is 8.12. The summed E-state index contributed by atoms with van der Waals surface area (Å²) in [6.07, 6.45) is 0. The van der Waals surface area contributed by atoms with Crippen molar-refractivity contribution >= 4 is 23.2 Å². The summed E-state index contributed by atoms with van der Waals surface area (Å²) in [5.41, 5.74) is 1.30. The van der Waals surface area contributed by atoms with Crippen molar-refractivity contribution in [1.82, 2.24) is 5.32 Å². The van der Waals surface area contributed by atoms with E-state index in [0.29, 0.717) is 29.7 Å². The zero-order valence-electron chi connectivity index (χ0n) is 12.5. The first-order valence-corrected chi connectivity index (χ1v) is 7.23. The molecular formula is C15H23ClN2O2. The zero-order chi connectivity index (χ0) is 15.1. The largest absolute Gasteiger partial charge is 0.387 e. The van der Waals surface area contributed by atoms with Gasteiger partial charge in [-0.3, -0.25) is 4.79 Å². The molecule has 1 aromatic carbocycles. The van der Waals surface area contributed by atoms with Gasteiger partial charge in [-0.15, -0.1) is 0 Å². The number of rotatable bonds is 7. The lowest BCUT2D eigenvalue weighted by atomic mass is 10.0. The summed E-state index contributed by atoms with van der Waals surface area (Å²) in [4.78, 5) is 12.4. The molecule has 0 bridgehead atoms. The van der Waals surface area contributed by atoms with Gasteiger partial charge >= 0.3 is 0 Å². The molecule has 4 nitrogen and oxygen atoms in total. The molecule has 20 heavy (non-hydrogen) atoms. The Hall–Kier alpha value is -1.26. The maximum absolute atomic E-state index is 12.4. The second-order valence-electron chi connectivity index (χ2n) is 4.92. The molecular weight excluding hydrogens is 276 g/mol. The number of nitrogens with one attached hydrogen (secondary N) is 2. The number of benzene rings is 1. The fourth-order valence-electron chi connectivity index (χ4n) is 1.81. The first-order valence-electron chi connectivity index (χ1n) is 6.85. The molecule has 1 aromatic rings. The predicted molar refractivity (Wildman–Crippen MR) is 83.6 cm³/mol. The molecule has 0 radical (unpaired) electrons. The highest BCUT2D eigenvalue weighted by Crippen LogP contribution is 2.20. The molecule has 1 amide bonds. The van der Waals surface area contributed by atoms with Crippen LogP contribution in [-0.2, 0) is 4.74 Å². The van der Waals surface area contributed by atoms with Crippen LogP contribution in [0.5, 0.6) is 0 Å². The Bertz CT molecular complexity index is 449. The van der Waals surface area contributed by atoms with Crippen LogP contribution >= 0.6 is 11.6 Å². The van der Waals surface area contributed by atoms with Crippen LogP contribution in [0.4, 0.5) is 5.69 Å². The van der Waals surface area contributed by atoms with Gasteiger partial charge in [-0.25, -0.2) is 0 Å². The second-order valence-corrected chi connectivity index (χ2v) is 5.36. The van der Waals surface area contributed by atoms with Crippen molar-refractivity contribution in [1.29, 1.82) is 0 Å². The van der Waals surface area contributed by atoms with E-state index in [1.54, 1.807) is 25.2 Å². The van der Waals surface area contributed by atoms with E-state index in [9.17, 15) is 4.79 Å². The Labute approximate surface area is 125 Å². The van der Waals surface area contributed by atoms with Gasteiger partial charge in [-0.05, 0) is 31.0 Å². The first kappa shape index (κ1) is 16.8. The molecule has 0 fully saturated rings. The zero-order valence-corrected chi connectivity index (χ0v) is 13.3. The number of hydrogen-bond acceptors (Lipinski definition) is 3. The third kappa shape index (κ3) is 4.69. The summed E-state index contributed by atoms with van der Waals surface area (Å²) >= 11 is 5.97. The van der Waals surface area contributed by atoms with E-state index in [2.05, 4.69) is 24.5 Å². The van der Waals surface area contributed by atoms with Gasteiger partial charge in [0.2, 0.25) is 0 Å². The molecule has 0 aliphatic heterocycles. The van der Waals surface area contributed by atoms with Gasteiger partial charge in [-0.1, -0.05) is 25.4 Å². The molecule has 0 aromatic heterocycles. The van der Waals surface area contributed by atoms with Crippen LogP contribution in [0.1, 0.15) is 31.1 Å². The maximum atomic E-state index is 12.4. The number of carbonyl (C=O) groups is 1. The van der Waals surface area contributed by atoms with Crippen LogP contribution in [0.3, 0.4) is 0 Å². The van der Waals surface area contributed by atoms with Gasteiger partial charge in [0, 0.05) is 24.4 Å². The van der Waals surface area contributed by atoms with Crippen molar-refractivity contribution in [3.63, 3.8) is 0 Å². The van der Waals surface area contributed by atoms with E-state index in [1.165, 1.54) is 0 Å². The predicted octanol–water partition coefficient (Wildman–Crippen LogP) is 3.17. The highest BCUT2D eigenvalue weighted by atomic mass is 35.5. The van der Waals surface area contributed by atoms with E-state index in [4.69, 9.17) is 16.3 Å². The smallest absolute Gasteiger partial charge is 0.253 e. The standard InChI is InChI=1S/C15H23ClN2O2/c1-5-20-9-14(10(2)3)18-15(19)12-8-11(16)6-7-13(12)17-4/h6-8,10,14,17H,5,9H2,1-4H3,(H,18,19). The topological polar surface area (TPSA) is 50.4 Å². The molecule has 0 saturated carbocycles. The fraction of sp³-hybridized carbons (Fsp3) is 0.533. The van der Waals surface area contributed by atoms with Crippen molar-refractivity contribution < 1.29 is 9.53 Å². The van der Waals surface area contributed by atoms with Gasteiger partial charge in [0.1, 0.15) is 0 Å². The van der Waals surface area contributed by atoms with Crippen molar-refractivity contribution in [2.45, 2.75) is 26.8 Å². The van der Waals surface area contributed by atoms with Crippen LogP contribution in [0.25, 0.3) is 0 Å². The summed E-state index contributed by atoms with van der Waals surface area (Å²) in [5, 5.41) is 6.55. The van der Waals surface area contributed by atoms with Crippen LogP contribution in [0.2, 0.25) is 5.02 Å². The van der Waals surface area contributed by atoms with Gasteiger partial charge in [0.05, 0.1) is 18.2 Å². The van der Waals surface area contributed by atoms with E-state index in [-0.39, 0.29) is 11.9 Å². The minimum absolute atomic E-state index is 0.0221. The highest BCUT2D eigenvalue weighted by molar-refractivity contribution is 6.31. The average Bonchev–Trinajstić information content (AvgIpc) is 2.42. The lowest BCUT2D eigenvalue weighted by molar-refractivity contribution is 0.0807. The fourth-order valence-corrected chi connectivity index (χ4v) is 1.99. The molecule has 0 spiro atoms. The number of anilines is 1. The SMILES string of the molecule is CCOCC(NC(=O)c1cc(Cl)ccc1NC)C(C)C. The first-order chi connectivity index (χ1) is 9.49. The molecule has 0 aliphatic carbocycles. The van der Waals surface area contributed by atoms with E-state index >= 15 is 0 Å². The van der Waals surface area contributed by atoms with Crippen molar-refractivity contribution in [3.05, 3.63) is 28.8 Å². The molecule has 0 heterocycles. The van der Waals surface area contributed by atoms with E-state index in [1.807, 2.05) is 6.92 Å². The Morgan fingerprint density at radius 1 is 1.40 bits per heavy atom. The molecule has 1 unspecified atom stereocenters. The molecule has 0 aliphatic rings. The minimum atomic E-state index is -0.143. The van der Waals surface area contributed by atoms with E-state index in [0.717, 1.165) is 5.69 Å². The molecule has 1 atom stereocenters. The molecule has 5 heteroatoms. The summed E-state index contributed by atoms with van der Waals surface area (Å²) < 4.78 is 5.42. The van der Waals surface area contributed by atoms with Crippen molar-refractivity contribution in [3.8, 4) is 0 Å². The lowest BCUT2D eigenvalue weighted by Crippen LogP contribution is -2.42. The number of ether oxygens (including phenoxy) is 1. The maximum Gasteiger partial charge on any atom is 0.253 e. The number of carbonyl (C=O) groups excluding carboxylic acids is 1. The Morgan fingerprint density at radius 2 is 2.10 bits per heavy atom. The Kier molecular flexibility index (Phi) is 6.82. The molecule has 112 valence electrons. The van der Waals surface area contributed by atoms with Crippen LogP contribution in [0, 0.1) is 5.92 Å². The van der Waals surface area contributed by atoms with E-state index < -0.39 is 0 Å². The van der Waals surface area contributed by atoms with Crippen molar-refractivity contribution in [2.24, 2.45) is 5.92 Å². The summed E-state index contributed by atoms with van der Waals surface area (Å²) in [5.74, 6) is 0.151. The molecule has 2 N–H and O–H groups in total. The monoisotopic (exact) mass is 298 g/mol. The van der Waals surface area contributed by atoms with Crippen LogP contribution in [-0.4, -0.2) is 32.2 Å². The summed E-state index contributed by atoms with van der Waals surface area (Å²) in [7, 11) is 1.78.